The fourth-order valence-corrected chi connectivity index (χ4v) is 2.61. The second kappa shape index (κ2) is 9.14. The van der Waals surface area contributed by atoms with E-state index < -0.39 is 18.0 Å². The average molecular weight is 385 g/mol. The van der Waals surface area contributed by atoms with E-state index in [-0.39, 0.29) is 13.2 Å². The van der Waals surface area contributed by atoms with Crippen LogP contribution in [0.3, 0.4) is 0 Å². The van der Waals surface area contributed by atoms with Gasteiger partial charge in [-0.25, -0.2) is 19.6 Å². The van der Waals surface area contributed by atoms with E-state index in [1.54, 1.807) is 25.1 Å². The van der Waals surface area contributed by atoms with Crippen molar-refractivity contribution in [3.05, 3.63) is 23.2 Å². The third-order valence-corrected chi connectivity index (χ3v) is 3.83. The van der Waals surface area contributed by atoms with Gasteiger partial charge in [0.25, 0.3) is 0 Å². The summed E-state index contributed by atoms with van der Waals surface area (Å²) in [5.41, 5.74) is 0.392. The lowest BCUT2D eigenvalue weighted by Gasteiger charge is -2.28. The van der Waals surface area contributed by atoms with Crippen LogP contribution in [0.25, 0.3) is 0 Å². The Labute approximate surface area is 156 Å². The van der Waals surface area contributed by atoms with Crippen LogP contribution in [0.4, 0.5) is 15.3 Å². The largest absolute Gasteiger partial charge is 0.495 e. The average Bonchev–Trinajstić information content (AvgIpc) is 3.10. The molecule has 4 amide bonds. The lowest BCUT2D eigenvalue weighted by Crippen LogP contribution is -2.51. The van der Waals surface area contributed by atoms with Crippen LogP contribution in [0.15, 0.2) is 18.2 Å². The number of methoxy groups -OCH3 is 1. The molecular formula is C16H21ClN4O5. The van der Waals surface area contributed by atoms with Crippen molar-refractivity contribution in [2.45, 2.75) is 13.3 Å². The van der Waals surface area contributed by atoms with Crippen molar-refractivity contribution in [2.75, 3.05) is 38.7 Å². The number of rotatable bonds is 5. The third kappa shape index (κ3) is 4.92. The van der Waals surface area contributed by atoms with E-state index in [1.165, 1.54) is 17.1 Å². The first-order chi connectivity index (χ1) is 12.5. The summed E-state index contributed by atoms with van der Waals surface area (Å²) in [5.74, 6) is -0.0972. The minimum absolute atomic E-state index is 0.231. The number of nitrogens with zero attached hydrogens (tertiary/aromatic N) is 2. The molecule has 0 unspecified atom stereocenters. The van der Waals surface area contributed by atoms with Gasteiger partial charge in [0.15, 0.2) is 0 Å². The standard InChI is InChI=1S/C16H21ClN4O5/c1-3-26-14(22)10-18-15(23)20-7-4-8-21(20)16(24)19-12-9-11(17)5-6-13(12)25-2/h5-6,9H,3-4,7-8,10H2,1-2H3,(H,18,23)(H,19,24). The Morgan fingerprint density at radius 2 is 1.88 bits per heavy atom. The fraction of sp³-hybridized carbons (Fsp3) is 0.438. The number of hydrogen-bond acceptors (Lipinski definition) is 5. The number of halogens is 1. The molecule has 1 saturated heterocycles. The molecule has 26 heavy (non-hydrogen) atoms. The van der Waals surface area contributed by atoms with Gasteiger partial charge in [0.2, 0.25) is 0 Å². The monoisotopic (exact) mass is 384 g/mol. The molecule has 1 fully saturated rings. The summed E-state index contributed by atoms with van der Waals surface area (Å²) >= 11 is 5.95. The Bertz CT molecular complexity index is 685. The highest BCUT2D eigenvalue weighted by Crippen LogP contribution is 2.28. The number of carbonyl (C=O) groups is 3. The van der Waals surface area contributed by atoms with Gasteiger partial charge in [-0.2, -0.15) is 0 Å². The van der Waals surface area contributed by atoms with E-state index in [0.29, 0.717) is 36.0 Å². The fourth-order valence-electron chi connectivity index (χ4n) is 2.44. The van der Waals surface area contributed by atoms with Crippen molar-refractivity contribution >= 4 is 35.3 Å². The number of carbonyl (C=O) groups excluding carboxylic acids is 3. The highest BCUT2D eigenvalue weighted by Gasteiger charge is 2.31. The van der Waals surface area contributed by atoms with Gasteiger partial charge in [-0.05, 0) is 31.5 Å². The second-order valence-electron chi connectivity index (χ2n) is 5.34. The molecule has 1 aromatic carbocycles. The van der Waals surface area contributed by atoms with Gasteiger partial charge >= 0.3 is 18.0 Å². The molecule has 1 aliphatic heterocycles. The van der Waals surface area contributed by atoms with E-state index in [4.69, 9.17) is 21.1 Å². The first kappa shape index (κ1) is 19.6. The van der Waals surface area contributed by atoms with Crippen LogP contribution >= 0.6 is 11.6 Å². The quantitative estimate of drug-likeness (QED) is 0.757. The predicted octanol–water partition coefficient (Wildman–Crippen LogP) is 2.08. The van der Waals surface area contributed by atoms with Crippen LogP contribution in [-0.2, 0) is 9.53 Å². The zero-order valence-corrected chi connectivity index (χ0v) is 15.3. The summed E-state index contributed by atoms with van der Waals surface area (Å²) in [4.78, 5) is 36.1. The number of hydrogen-bond donors (Lipinski definition) is 2. The van der Waals surface area contributed by atoms with Crippen LogP contribution in [0.2, 0.25) is 5.02 Å². The van der Waals surface area contributed by atoms with Crippen LogP contribution in [0.1, 0.15) is 13.3 Å². The maximum Gasteiger partial charge on any atom is 0.340 e. The molecule has 2 N–H and O–H groups in total. The molecule has 0 aromatic heterocycles. The van der Waals surface area contributed by atoms with Gasteiger partial charge in [0.05, 0.1) is 19.4 Å². The molecule has 0 saturated carbocycles. The van der Waals surface area contributed by atoms with Crippen molar-refractivity contribution in [1.82, 2.24) is 15.3 Å². The molecule has 10 heteroatoms. The first-order valence-corrected chi connectivity index (χ1v) is 8.47. The van der Waals surface area contributed by atoms with E-state index in [9.17, 15) is 14.4 Å². The van der Waals surface area contributed by atoms with Crippen molar-refractivity contribution in [3.63, 3.8) is 0 Å². The highest BCUT2D eigenvalue weighted by molar-refractivity contribution is 6.31. The normalized spacial score (nSPS) is 13.3. The molecule has 1 aliphatic rings. The number of benzene rings is 1. The SMILES string of the molecule is CCOC(=O)CNC(=O)N1CCCN1C(=O)Nc1cc(Cl)ccc1OC. The summed E-state index contributed by atoms with van der Waals surface area (Å²) in [6.45, 7) is 2.36. The van der Waals surface area contributed by atoms with E-state index in [0.717, 1.165) is 0 Å². The number of esters is 1. The van der Waals surface area contributed by atoms with Crippen molar-refractivity contribution < 1.29 is 23.9 Å². The maximum absolute atomic E-state index is 12.6. The molecule has 0 aliphatic carbocycles. The molecule has 1 aromatic rings. The minimum Gasteiger partial charge on any atom is -0.495 e. The van der Waals surface area contributed by atoms with Crippen molar-refractivity contribution in [3.8, 4) is 5.75 Å². The van der Waals surface area contributed by atoms with E-state index >= 15 is 0 Å². The third-order valence-electron chi connectivity index (χ3n) is 3.59. The maximum atomic E-state index is 12.6. The number of ether oxygens (including phenoxy) is 2. The van der Waals surface area contributed by atoms with Gasteiger partial charge in [0.1, 0.15) is 12.3 Å². The Kier molecular flexibility index (Phi) is 6.90. The number of nitrogens with one attached hydrogen (secondary N) is 2. The Morgan fingerprint density at radius 1 is 1.19 bits per heavy atom. The highest BCUT2D eigenvalue weighted by atomic mass is 35.5. The lowest BCUT2D eigenvalue weighted by molar-refractivity contribution is -0.141. The van der Waals surface area contributed by atoms with Gasteiger partial charge in [-0.15, -0.1) is 0 Å². The number of urea groups is 2. The number of hydrazine groups is 1. The molecule has 0 atom stereocenters. The molecule has 0 spiro atoms. The lowest BCUT2D eigenvalue weighted by atomic mass is 10.3. The summed E-state index contributed by atoms with van der Waals surface area (Å²) in [5, 5.41) is 8.06. The van der Waals surface area contributed by atoms with Gasteiger partial charge in [0, 0.05) is 18.1 Å². The van der Waals surface area contributed by atoms with Crippen LogP contribution < -0.4 is 15.4 Å². The van der Waals surface area contributed by atoms with Gasteiger partial charge < -0.3 is 20.1 Å². The van der Waals surface area contributed by atoms with Crippen molar-refractivity contribution in [2.24, 2.45) is 0 Å². The Balaban J connectivity index is 2.00. The van der Waals surface area contributed by atoms with Gasteiger partial charge in [-0.1, -0.05) is 11.6 Å². The van der Waals surface area contributed by atoms with E-state index in [1.807, 2.05) is 0 Å². The smallest absolute Gasteiger partial charge is 0.340 e. The Morgan fingerprint density at radius 3 is 2.54 bits per heavy atom. The number of anilines is 1. The summed E-state index contributed by atoms with van der Waals surface area (Å²) in [7, 11) is 1.48. The predicted molar refractivity (Wildman–Crippen MR) is 95.1 cm³/mol. The topological polar surface area (TPSA) is 100 Å². The zero-order chi connectivity index (χ0) is 19.1. The summed E-state index contributed by atoms with van der Waals surface area (Å²) < 4.78 is 9.94. The summed E-state index contributed by atoms with van der Waals surface area (Å²) in [6.07, 6.45) is 0.618. The number of amides is 4. The van der Waals surface area contributed by atoms with E-state index in [2.05, 4.69) is 10.6 Å². The molecule has 0 radical (unpaired) electrons. The van der Waals surface area contributed by atoms with Crippen LogP contribution in [0.5, 0.6) is 5.75 Å². The minimum atomic E-state index is -0.552. The van der Waals surface area contributed by atoms with Crippen LogP contribution in [0, 0.1) is 0 Å². The van der Waals surface area contributed by atoms with Crippen LogP contribution in [-0.4, -0.2) is 61.4 Å². The molecule has 142 valence electrons. The molecule has 1 heterocycles. The molecule has 0 bridgehead atoms. The van der Waals surface area contributed by atoms with Gasteiger partial charge in [-0.3, -0.25) is 4.79 Å². The summed E-state index contributed by atoms with van der Waals surface area (Å²) in [6, 6.07) is 3.77. The zero-order valence-electron chi connectivity index (χ0n) is 14.6. The molecular weight excluding hydrogens is 364 g/mol. The Hall–Kier alpha value is -2.68. The van der Waals surface area contributed by atoms with Crippen molar-refractivity contribution in [1.29, 1.82) is 0 Å². The molecule has 2 rings (SSSR count). The first-order valence-electron chi connectivity index (χ1n) is 8.09. The molecule has 9 nitrogen and oxygen atoms in total. The second-order valence-corrected chi connectivity index (χ2v) is 5.77.